The van der Waals surface area contributed by atoms with E-state index in [1.807, 2.05) is 12.1 Å². The van der Waals surface area contributed by atoms with Crippen LogP contribution in [0, 0.1) is 10.1 Å². The van der Waals surface area contributed by atoms with Gasteiger partial charge in [-0.3, -0.25) is 19.8 Å². The van der Waals surface area contributed by atoms with Crippen molar-refractivity contribution in [3.05, 3.63) is 69.2 Å². The number of ether oxygens (including phenoxy) is 1. The molecule has 3 rings (SSSR count). The van der Waals surface area contributed by atoms with Crippen molar-refractivity contribution in [2.75, 3.05) is 39.3 Å². The van der Waals surface area contributed by atoms with Crippen LogP contribution in [0.2, 0.25) is 5.02 Å². The summed E-state index contributed by atoms with van der Waals surface area (Å²) in [7, 11) is 0. The zero-order valence-electron chi connectivity index (χ0n) is 14.7. The molecule has 8 heteroatoms. The van der Waals surface area contributed by atoms with Gasteiger partial charge in [0.25, 0.3) is 11.6 Å². The van der Waals surface area contributed by atoms with E-state index in [2.05, 4.69) is 4.90 Å². The molecule has 2 aromatic rings. The molecule has 0 aromatic heterocycles. The van der Waals surface area contributed by atoms with Crippen LogP contribution in [0.1, 0.15) is 10.4 Å². The van der Waals surface area contributed by atoms with Crippen molar-refractivity contribution in [3.8, 4) is 5.75 Å². The van der Waals surface area contributed by atoms with Crippen LogP contribution in [0.15, 0.2) is 48.5 Å². The smallest absolute Gasteiger partial charge is 0.282 e. The van der Waals surface area contributed by atoms with Crippen molar-refractivity contribution >= 4 is 23.2 Å². The molecule has 0 unspecified atom stereocenters. The van der Waals surface area contributed by atoms with Gasteiger partial charge in [0.15, 0.2) is 0 Å². The van der Waals surface area contributed by atoms with Gasteiger partial charge in [0.05, 0.1) is 4.92 Å². The quantitative estimate of drug-likeness (QED) is 0.560. The first-order valence-corrected chi connectivity index (χ1v) is 9.06. The molecular weight excluding hydrogens is 370 g/mol. The van der Waals surface area contributed by atoms with Gasteiger partial charge >= 0.3 is 0 Å². The summed E-state index contributed by atoms with van der Waals surface area (Å²) in [5.74, 6) is 0.476. The number of piperazine rings is 1. The highest BCUT2D eigenvalue weighted by molar-refractivity contribution is 6.30. The van der Waals surface area contributed by atoms with Gasteiger partial charge < -0.3 is 9.64 Å². The zero-order chi connectivity index (χ0) is 19.2. The number of nitrogens with zero attached hydrogens (tertiary/aromatic N) is 3. The molecule has 1 fully saturated rings. The van der Waals surface area contributed by atoms with Gasteiger partial charge in [0.1, 0.15) is 17.9 Å². The highest BCUT2D eigenvalue weighted by atomic mass is 35.5. The summed E-state index contributed by atoms with van der Waals surface area (Å²) in [5.41, 5.74) is -0.0108. The first kappa shape index (κ1) is 19.1. The fraction of sp³-hybridized carbons (Fsp3) is 0.316. The number of rotatable bonds is 6. The van der Waals surface area contributed by atoms with E-state index in [0.717, 1.165) is 12.3 Å². The second-order valence-electron chi connectivity index (χ2n) is 6.21. The van der Waals surface area contributed by atoms with Crippen molar-refractivity contribution in [2.45, 2.75) is 0 Å². The summed E-state index contributed by atoms with van der Waals surface area (Å²) in [4.78, 5) is 27.1. The lowest BCUT2D eigenvalue weighted by Gasteiger charge is -2.34. The molecule has 1 saturated heterocycles. The summed E-state index contributed by atoms with van der Waals surface area (Å²) < 4.78 is 5.69. The third-order valence-electron chi connectivity index (χ3n) is 4.48. The molecule has 7 nitrogen and oxygen atoms in total. The van der Waals surface area contributed by atoms with Gasteiger partial charge in [0, 0.05) is 43.8 Å². The van der Waals surface area contributed by atoms with E-state index >= 15 is 0 Å². The van der Waals surface area contributed by atoms with Gasteiger partial charge in [-0.2, -0.15) is 0 Å². The van der Waals surface area contributed by atoms with Gasteiger partial charge in [-0.15, -0.1) is 0 Å². The molecule has 2 aromatic carbocycles. The maximum absolute atomic E-state index is 12.6. The summed E-state index contributed by atoms with van der Waals surface area (Å²) in [6.07, 6.45) is 0. The Morgan fingerprint density at radius 3 is 2.41 bits per heavy atom. The lowest BCUT2D eigenvalue weighted by Crippen LogP contribution is -2.49. The van der Waals surface area contributed by atoms with Crippen LogP contribution < -0.4 is 4.74 Å². The molecule has 0 spiro atoms. The molecule has 1 heterocycles. The van der Waals surface area contributed by atoms with E-state index < -0.39 is 4.92 Å². The van der Waals surface area contributed by atoms with Crippen LogP contribution in [0.3, 0.4) is 0 Å². The molecule has 0 saturated carbocycles. The normalized spacial score (nSPS) is 14.8. The molecule has 1 aliphatic heterocycles. The monoisotopic (exact) mass is 389 g/mol. The van der Waals surface area contributed by atoms with Gasteiger partial charge in [-0.05, 0) is 30.3 Å². The molecule has 142 valence electrons. The average molecular weight is 390 g/mol. The predicted octanol–water partition coefficient (Wildman–Crippen LogP) is 3.09. The number of hydrogen-bond donors (Lipinski definition) is 0. The highest BCUT2D eigenvalue weighted by Crippen LogP contribution is 2.20. The molecule has 1 amide bonds. The summed E-state index contributed by atoms with van der Waals surface area (Å²) in [6.45, 7) is 3.76. The van der Waals surface area contributed by atoms with Crippen LogP contribution >= 0.6 is 11.6 Å². The molecule has 0 aliphatic carbocycles. The number of carbonyl (C=O) groups excluding carboxylic acids is 1. The maximum atomic E-state index is 12.6. The molecule has 0 radical (unpaired) electrons. The minimum Gasteiger partial charge on any atom is -0.492 e. The first-order chi connectivity index (χ1) is 13.0. The number of amides is 1. The Hall–Kier alpha value is -2.64. The van der Waals surface area contributed by atoms with Crippen molar-refractivity contribution < 1.29 is 14.5 Å². The molecule has 0 atom stereocenters. The third-order valence-corrected chi connectivity index (χ3v) is 4.73. The first-order valence-electron chi connectivity index (χ1n) is 8.68. The topological polar surface area (TPSA) is 75.9 Å². The van der Waals surface area contributed by atoms with Gasteiger partial charge in [-0.25, -0.2) is 0 Å². The molecule has 0 bridgehead atoms. The molecule has 0 N–H and O–H groups in total. The van der Waals surface area contributed by atoms with E-state index in [9.17, 15) is 14.9 Å². The van der Waals surface area contributed by atoms with Crippen LogP contribution in [0.25, 0.3) is 0 Å². The Morgan fingerprint density at radius 1 is 1.07 bits per heavy atom. The average Bonchev–Trinajstić information content (AvgIpc) is 2.69. The van der Waals surface area contributed by atoms with E-state index in [1.165, 1.54) is 12.1 Å². The third kappa shape index (κ3) is 4.96. The Kier molecular flexibility index (Phi) is 6.26. The Bertz CT molecular complexity index is 805. The SMILES string of the molecule is O=C(c1ccccc1[N+](=O)[O-])N1CCN(CCOc2ccc(Cl)cc2)CC1. The Labute approximate surface area is 162 Å². The molecule has 27 heavy (non-hydrogen) atoms. The second kappa shape index (κ2) is 8.83. The minimum atomic E-state index is -0.516. The van der Waals surface area contributed by atoms with Crippen LogP contribution in [0.4, 0.5) is 5.69 Å². The minimum absolute atomic E-state index is 0.141. The van der Waals surface area contributed by atoms with Crippen molar-refractivity contribution in [2.24, 2.45) is 0 Å². The Balaban J connectivity index is 1.48. The zero-order valence-corrected chi connectivity index (χ0v) is 15.5. The largest absolute Gasteiger partial charge is 0.492 e. The number of halogens is 1. The van der Waals surface area contributed by atoms with E-state index in [-0.39, 0.29) is 17.2 Å². The van der Waals surface area contributed by atoms with Crippen LogP contribution in [-0.2, 0) is 0 Å². The molecule has 1 aliphatic rings. The number of hydrogen-bond acceptors (Lipinski definition) is 5. The number of nitro groups is 1. The number of carbonyl (C=O) groups is 1. The fourth-order valence-corrected chi connectivity index (χ4v) is 3.11. The second-order valence-corrected chi connectivity index (χ2v) is 6.65. The van der Waals surface area contributed by atoms with E-state index in [0.29, 0.717) is 37.8 Å². The summed E-state index contributed by atoms with van der Waals surface area (Å²) >= 11 is 5.84. The van der Waals surface area contributed by atoms with Crippen LogP contribution in [0.5, 0.6) is 5.75 Å². The van der Waals surface area contributed by atoms with Gasteiger partial charge in [0.2, 0.25) is 0 Å². The number of para-hydroxylation sites is 1. The lowest BCUT2D eigenvalue weighted by atomic mass is 10.1. The summed E-state index contributed by atoms with van der Waals surface area (Å²) in [6, 6.07) is 13.3. The predicted molar refractivity (Wildman–Crippen MR) is 102 cm³/mol. The highest BCUT2D eigenvalue weighted by Gasteiger charge is 2.26. The fourth-order valence-electron chi connectivity index (χ4n) is 2.98. The standard InChI is InChI=1S/C19H20ClN3O4/c20-15-5-7-16(8-6-15)27-14-13-21-9-11-22(12-10-21)19(24)17-3-1-2-4-18(17)23(25)26/h1-8H,9-14H2. The number of nitro benzene ring substituents is 1. The van der Waals surface area contributed by atoms with E-state index in [1.54, 1.807) is 29.2 Å². The van der Waals surface area contributed by atoms with E-state index in [4.69, 9.17) is 16.3 Å². The van der Waals surface area contributed by atoms with Crippen molar-refractivity contribution in [1.29, 1.82) is 0 Å². The van der Waals surface area contributed by atoms with Crippen molar-refractivity contribution in [1.82, 2.24) is 9.80 Å². The summed E-state index contributed by atoms with van der Waals surface area (Å²) in [5, 5.41) is 11.8. The lowest BCUT2D eigenvalue weighted by molar-refractivity contribution is -0.385. The maximum Gasteiger partial charge on any atom is 0.282 e. The number of benzene rings is 2. The van der Waals surface area contributed by atoms with Crippen LogP contribution in [-0.4, -0.2) is 60.0 Å². The Morgan fingerprint density at radius 2 is 1.74 bits per heavy atom. The molecular formula is C19H20ClN3O4. The van der Waals surface area contributed by atoms with Gasteiger partial charge in [-0.1, -0.05) is 23.7 Å². The van der Waals surface area contributed by atoms with Crippen molar-refractivity contribution in [3.63, 3.8) is 0 Å².